The van der Waals surface area contributed by atoms with Gasteiger partial charge in [0, 0.05) is 22.5 Å². The second kappa shape index (κ2) is 5.35. The smallest absolute Gasteiger partial charge is 0.231 e. The summed E-state index contributed by atoms with van der Waals surface area (Å²) in [6, 6.07) is 7.59. The van der Waals surface area contributed by atoms with E-state index in [1.165, 1.54) is 0 Å². The molecular formula is C15H12ClN3O. The SMILES string of the molecule is C=C1C=CC(c2noc(Cc3cccc(Cl)c3)n2)=CN1. The van der Waals surface area contributed by atoms with Crippen molar-refractivity contribution in [3.05, 3.63) is 77.2 Å². The van der Waals surface area contributed by atoms with Crippen molar-refractivity contribution in [2.75, 3.05) is 0 Å². The molecule has 1 N–H and O–H groups in total. The maximum Gasteiger partial charge on any atom is 0.231 e. The number of halogens is 1. The second-order valence-electron chi connectivity index (χ2n) is 4.42. The van der Waals surface area contributed by atoms with Gasteiger partial charge < -0.3 is 9.84 Å². The lowest BCUT2D eigenvalue weighted by Gasteiger charge is -2.06. The minimum Gasteiger partial charge on any atom is -0.361 e. The molecule has 1 aromatic heterocycles. The van der Waals surface area contributed by atoms with Crippen molar-refractivity contribution in [2.24, 2.45) is 0 Å². The van der Waals surface area contributed by atoms with E-state index in [1.54, 1.807) is 6.20 Å². The number of dihydropyridines is 1. The third-order valence-electron chi connectivity index (χ3n) is 2.85. The van der Waals surface area contributed by atoms with E-state index in [9.17, 15) is 0 Å². The van der Waals surface area contributed by atoms with Gasteiger partial charge in [0.25, 0.3) is 0 Å². The summed E-state index contributed by atoms with van der Waals surface area (Å²) in [6.07, 6.45) is 6.12. The van der Waals surface area contributed by atoms with Crippen LogP contribution in [0.3, 0.4) is 0 Å². The molecule has 100 valence electrons. The molecule has 0 amide bonds. The van der Waals surface area contributed by atoms with E-state index in [2.05, 4.69) is 22.0 Å². The average molecular weight is 286 g/mol. The molecule has 1 aliphatic rings. The van der Waals surface area contributed by atoms with Crippen LogP contribution in [0, 0.1) is 0 Å². The topological polar surface area (TPSA) is 51.0 Å². The lowest BCUT2D eigenvalue weighted by Crippen LogP contribution is -2.06. The van der Waals surface area contributed by atoms with Crippen molar-refractivity contribution in [1.29, 1.82) is 0 Å². The van der Waals surface area contributed by atoms with Crippen LogP contribution in [0.15, 0.2) is 59.4 Å². The Bertz CT molecular complexity index is 715. The maximum absolute atomic E-state index is 5.95. The van der Waals surface area contributed by atoms with Crippen molar-refractivity contribution in [3.8, 4) is 0 Å². The van der Waals surface area contributed by atoms with Crippen LogP contribution in [-0.2, 0) is 6.42 Å². The van der Waals surface area contributed by atoms with Gasteiger partial charge in [-0.25, -0.2) is 0 Å². The van der Waals surface area contributed by atoms with Crippen molar-refractivity contribution >= 4 is 17.2 Å². The largest absolute Gasteiger partial charge is 0.361 e. The van der Waals surface area contributed by atoms with Crippen LogP contribution < -0.4 is 5.32 Å². The molecule has 0 saturated heterocycles. The second-order valence-corrected chi connectivity index (χ2v) is 4.86. The monoisotopic (exact) mass is 285 g/mol. The molecule has 0 unspecified atom stereocenters. The average Bonchev–Trinajstić information content (AvgIpc) is 2.88. The number of nitrogens with zero attached hydrogens (tertiary/aromatic N) is 2. The van der Waals surface area contributed by atoms with Gasteiger partial charge in [-0.15, -0.1) is 0 Å². The molecule has 0 saturated carbocycles. The number of hydrogen-bond donors (Lipinski definition) is 1. The third kappa shape index (κ3) is 2.81. The summed E-state index contributed by atoms with van der Waals surface area (Å²) in [7, 11) is 0. The van der Waals surface area contributed by atoms with Gasteiger partial charge in [-0.05, 0) is 29.8 Å². The van der Waals surface area contributed by atoms with Gasteiger partial charge in [-0.1, -0.05) is 35.5 Å². The van der Waals surface area contributed by atoms with Gasteiger partial charge in [-0.3, -0.25) is 0 Å². The van der Waals surface area contributed by atoms with Gasteiger partial charge >= 0.3 is 0 Å². The Morgan fingerprint density at radius 2 is 2.20 bits per heavy atom. The molecular weight excluding hydrogens is 274 g/mol. The third-order valence-corrected chi connectivity index (χ3v) is 3.08. The highest BCUT2D eigenvalue weighted by Crippen LogP contribution is 2.18. The first kappa shape index (κ1) is 12.7. The predicted molar refractivity (Wildman–Crippen MR) is 77.9 cm³/mol. The maximum atomic E-state index is 5.95. The zero-order chi connectivity index (χ0) is 13.9. The van der Waals surface area contributed by atoms with Gasteiger partial charge in [0.15, 0.2) is 0 Å². The molecule has 1 aromatic carbocycles. The summed E-state index contributed by atoms with van der Waals surface area (Å²) < 4.78 is 5.26. The van der Waals surface area contributed by atoms with Crippen LogP contribution in [0.5, 0.6) is 0 Å². The molecule has 0 fully saturated rings. The molecule has 2 heterocycles. The summed E-state index contributed by atoms with van der Waals surface area (Å²) in [5, 5.41) is 7.69. The molecule has 0 aliphatic carbocycles. The van der Waals surface area contributed by atoms with Gasteiger partial charge in [0.05, 0.1) is 6.42 Å². The highest BCUT2D eigenvalue weighted by molar-refractivity contribution is 6.30. The molecule has 0 spiro atoms. The van der Waals surface area contributed by atoms with Gasteiger partial charge in [0.1, 0.15) is 0 Å². The Morgan fingerprint density at radius 1 is 1.30 bits per heavy atom. The number of allylic oxidation sites excluding steroid dienone is 3. The lowest BCUT2D eigenvalue weighted by atomic mass is 10.1. The van der Waals surface area contributed by atoms with E-state index in [0.717, 1.165) is 16.8 Å². The molecule has 0 radical (unpaired) electrons. The summed E-state index contributed by atoms with van der Waals surface area (Å²) in [5.41, 5.74) is 2.72. The number of aromatic nitrogens is 2. The van der Waals surface area contributed by atoms with E-state index in [4.69, 9.17) is 16.1 Å². The predicted octanol–water partition coefficient (Wildman–Crippen LogP) is 3.33. The number of rotatable bonds is 3. The fourth-order valence-corrected chi connectivity index (χ4v) is 2.07. The van der Waals surface area contributed by atoms with Gasteiger partial charge in [-0.2, -0.15) is 4.98 Å². The Labute approximate surface area is 121 Å². The Kier molecular flexibility index (Phi) is 3.39. The zero-order valence-corrected chi connectivity index (χ0v) is 11.4. The van der Waals surface area contributed by atoms with E-state index >= 15 is 0 Å². The number of nitrogens with one attached hydrogen (secondary N) is 1. The molecule has 0 bridgehead atoms. The Balaban J connectivity index is 1.77. The zero-order valence-electron chi connectivity index (χ0n) is 10.6. The molecule has 0 atom stereocenters. The first-order valence-electron chi connectivity index (χ1n) is 6.12. The highest BCUT2D eigenvalue weighted by Gasteiger charge is 2.11. The summed E-state index contributed by atoms with van der Waals surface area (Å²) in [6.45, 7) is 3.79. The first-order chi connectivity index (χ1) is 9.70. The lowest BCUT2D eigenvalue weighted by molar-refractivity contribution is 0.383. The van der Waals surface area contributed by atoms with Crippen LogP contribution in [0.25, 0.3) is 5.57 Å². The molecule has 3 rings (SSSR count). The van der Waals surface area contributed by atoms with Crippen LogP contribution in [-0.4, -0.2) is 10.1 Å². The van der Waals surface area contributed by atoms with Crippen molar-refractivity contribution in [2.45, 2.75) is 6.42 Å². The summed E-state index contributed by atoms with van der Waals surface area (Å²) >= 11 is 5.95. The Morgan fingerprint density at radius 3 is 2.95 bits per heavy atom. The van der Waals surface area contributed by atoms with Crippen LogP contribution in [0.1, 0.15) is 17.3 Å². The Hall–Kier alpha value is -2.33. The number of benzene rings is 1. The van der Waals surface area contributed by atoms with E-state index in [1.807, 2.05) is 36.4 Å². The quantitative estimate of drug-likeness (QED) is 0.940. The number of hydrogen-bond acceptors (Lipinski definition) is 4. The normalized spacial score (nSPS) is 14.1. The standard InChI is InChI=1S/C15H12ClN3O/c1-10-5-6-12(9-17-10)15-18-14(20-19-15)8-11-3-2-4-13(16)7-11/h2-7,9,17H,1,8H2. The molecule has 2 aromatic rings. The van der Waals surface area contributed by atoms with Crippen LogP contribution in [0.4, 0.5) is 0 Å². The molecule has 20 heavy (non-hydrogen) atoms. The van der Waals surface area contributed by atoms with Crippen molar-refractivity contribution in [1.82, 2.24) is 15.5 Å². The van der Waals surface area contributed by atoms with Crippen LogP contribution >= 0.6 is 11.6 Å². The van der Waals surface area contributed by atoms with Crippen molar-refractivity contribution in [3.63, 3.8) is 0 Å². The summed E-state index contributed by atoms with van der Waals surface area (Å²) in [5.74, 6) is 1.11. The van der Waals surface area contributed by atoms with Crippen molar-refractivity contribution < 1.29 is 4.52 Å². The fraction of sp³-hybridized carbons (Fsp3) is 0.0667. The first-order valence-corrected chi connectivity index (χ1v) is 6.49. The minimum absolute atomic E-state index is 0.554. The minimum atomic E-state index is 0.554. The van der Waals surface area contributed by atoms with E-state index < -0.39 is 0 Å². The van der Waals surface area contributed by atoms with E-state index in [-0.39, 0.29) is 0 Å². The van der Waals surface area contributed by atoms with Crippen LogP contribution in [0.2, 0.25) is 5.02 Å². The molecule has 1 aliphatic heterocycles. The van der Waals surface area contributed by atoms with Gasteiger partial charge in [0.2, 0.25) is 11.7 Å². The molecule has 4 nitrogen and oxygen atoms in total. The molecule has 5 heteroatoms. The summed E-state index contributed by atoms with van der Waals surface area (Å²) in [4.78, 5) is 4.37. The van der Waals surface area contributed by atoms with E-state index in [0.29, 0.717) is 23.2 Å². The fourth-order valence-electron chi connectivity index (χ4n) is 1.86. The highest BCUT2D eigenvalue weighted by atomic mass is 35.5.